The molecule has 0 fully saturated rings. The molecular weight excluding hydrogens is 111 g/mol. The van der Waals surface area contributed by atoms with Gasteiger partial charge in [0.05, 0.1) is 0 Å². The van der Waals surface area contributed by atoms with Gasteiger partial charge in [-0.15, -0.1) is 0 Å². The van der Waals surface area contributed by atoms with Crippen LogP contribution in [0.15, 0.2) is 23.6 Å². The van der Waals surface area contributed by atoms with Crippen molar-refractivity contribution in [2.24, 2.45) is 0 Å². The molecule has 0 amide bonds. The molecule has 7 heavy (non-hydrogen) atoms. The van der Waals surface area contributed by atoms with Crippen molar-refractivity contribution in [2.45, 2.75) is 5.50 Å². The molecule has 1 aliphatic heterocycles. The van der Waals surface area contributed by atoms with E-state index in [-0.39, 0.29) is 0 Å². The summed E-state index contributed by atoms with van der Waals surface area (Å²) in [5.74, 6) is 0. The summed E-state index contributed by atoms with van der Waals surface area (Å²) in [4.78, 5) is 0. The molecule has 0 aliphatic carbocycles. The van der Waals surface area contributed by atoms with E-state index in [1.807, 2.05) is 6.08 Å². The van der Waals surface area contributed by atoms with Gasteiger partial charge in [-0.3, -0.25) is 0 Å². The number of thioether (sulfide) groups is 1. The van der Waals surface area contributed by atoms with Gasteiger partial charge in [-0.2, -0.15) is 0 Å². The predicted octanol–water partition coefficient (Wildman–Crippen LogP) is 2.10. The van der Waals surface area contributed by atoms with Gasteiger partial charge in [-0.25, -0.2) is 4.39 Å². The number of halogens is 1. The molecule has 0 saturated carbocycles. The molecule has 0 aromatic heterocycles. The first kappa shape index (κ1) is 4.91. The maximum absolute atomic E-state index is 12.0. The van der Waals surface area contributed by atoms with E-state index in [1.165, 1.54) is 17.8 Å². The summed E-state index contributed by atoms with van der Waals surface area (Å²) < 4.78 is 12.0. The van der Waals surface area contributed by atoms with Gasteiger partial charge in [0.15, 0.2) is 5.50 Å². The van der Waals surface area contributed by atoms with Crippen LogP contribution < -0.4 is 0 Å². The Labute approximate surface area is 46.1 Å². The van der Waals surface area contributed by atoms with Gasteiger partial charge in [0, 0.05) is 0 Å². The van der Waals surface area contributed by atoms with Crippen LogP contribution in [0.5, 0.6) is 0 Å². The largest absolute Gasteiger partial charge is 0.231 e. The third-order valence-electron chi connectivity index (χ3n) is 0.661. The third kappa shape index (κ3) is 1.35. The highest BCUT2D eigenvalue weighted by Crippen LogP contribution is 2.18. The molecule has 0 N–H and O–H groups in total. The summed E-state index contributed by atoms with van der Waals surface area (Å²) in [6.45, 7) is 0. The summed E-state index contributed by atoms with van der Waals surface area (Å²) in [6.07, 6.45) is 5.05. The molecule has 0 radical (unpaired) electrons. The Morgan fingerprint density at radius 3 is 2.57 bits per heavy atom. The first-order chi connectivity index (χ1) is 3.39. The van der Waals surface area contributed by atoms with Crippen LogP contribution in [-0.2, 0) is 0 Å². The minimum atomic E-state index is -0.815. The van der Waals surface area contributed by atoms with Gasteiger partial charge in [0.1, 0.15) is 0 Å². The second kappa shape index (κ2) is 2.17. The summed E-state index contributed by atoms with van der Waals surface area (Å²) in [6, 6.07) is 0. The molecule has 0 nitrogen and oxygen atoms in total. The van der Waals surface area contributed by atoms with Gasteiger partial charge in [0.2, 0.25) is 0 Å². The van der Waals surface area contributed by atoms with Crippen LogP contribution in [0, 0.1) is 0 Å². The lowest BCUT2D eigenvalue weighted by atomic mass is 10.5. The van der Waals surface area contributed by atoms with E-state index >= 15 is 0 Å². The monoisotopic (exact) mass is 116 g/mol. The molecule has 1 unspecified atom stereocenters. The van der Waals surface area contributed by atoms with Crippen molar-refractivity contribution in [1.82, 2.24) is 0 Å². The lowest BCUT2D eigenvalue weighted by Crippen LogP contribution is -1.85. The zero-order valence-electron chi connectivity index (χ0n) is 3.67. The minimum Gasteiger partial charge on any atom is -0.231 e. The summed E-state index contributed by atoms with van der Waals surface area (Å²) in [7, 11) is 0. The molecule has 1 heterocycles. The van der Waals surface area contributed by atoms with Crippen molar-refractivity contribution in [3.05, 3.63) is 23.6 Å². The summed E-state index contributed by atoms with van der Waals surface area (Å²) in [5, 5.41) is 1.74. The summed E-state index contributed by atoms with van der Waals surface area (Å²) in [5.41, 5.74) is -0.815. The number of alkyl halides is 1. The van der Waals surface area contributed by atoms with E-state index in [1.54, 1.807) is 11.5 Å². The molecule has 0 saturated heterocycles. The Balaban J connectivity index is 2.49. The zero-order chi connectivity index (χ0) is 5.11. The van der Waals surface area contributed by atoms with E-state index in [2.05, 4.69) is 0 Å². The second-order valence-electron chi connectivity index (χ2n) is 1.20. The van der Waals surface area contributed by atoms with Crippen molar-refractivity contribution in [3.8, 4) is 0 Å². The molecule has 0 bridgehead atoms. The Bertz CT molecular complexity index is 107. The van der Waals surface area contributed by atoms with Crippen LogP contribution in [0.2, 0.25) is 0 Å². The number of rotatable bonds is 0. The minimum absolute atomic E-state index is 0.815. The normalized spacial score (nSPS) is 28.4. The average molecular weight is 116 g/mol. The van der Waals surface area contributed by atoms with Crippen molar-refractivity contribution in [1.29, 1.82) is 0 Å². The third-order valence-corrected chi connectivity index (χ3v) is 1.39. The van der Waals surface area contributed by atoms with Crippen LogP contribution in [0.1, 0.15) is 0 Å². The fraction of sp³-hybridized carbons (Fsp3) is 0.200. The van der Waals surface area contributed by atoms with Gasteiger partial charge in [-0.1, -0.05) is 23.9 Å². The second-order valence-corrected chi connectivity index (χ2v) is 2.20. The fourth-order valence-electron chi connectivity index (χ4n) is 0.363. The average Bonchev–Trinajstić information content (AvgIpc) is 1.69. The van der Waals surface area contributed by atoms with E-state index < -0.39 is 5.50 Å². The van der Waals surface area contributed by atoms with E-state index in [0.29, 0.717) is 0 Å². The Morgan fingerprint density at radius 1 is 1.43 bits per heavy atom. The van der Waals surface area contributed by atoms with Gasteiger partial charge in [-0.05, 0) is 11.5 Å². The molecule has 1 aliphatic rings. The van der Waals surface area contributed by atoms with Gasteiger partial charge < -0.3 is 0 Å². The molecule has 0 spiro atoms. The Kier molecular flexibility index (Phi) is 1.52. The lowest BCUT2D eigenvalue weighted by Gasteiger charge is -1.97. The van der Waals surface area contributed by atoms with Crippen molar-refractivity contribution < 1.29 is 4.39 Å². The van der Waals surface area contributed by atoms with Crippen LogP contribution >= 0.6 is 11.8 Å². The van der Waals surface area contributed by atoms with Gasteiger partial charge in [0.25, 0.3) is 0 Å². The predicted molar refractivity (Wildman–Crippen MR) is 30.8 cm³/mol. The fourth-order valence-corrected chi connectivity index (χ4v) is 0.876. The molecular formula is C5H5FS. The SMILES string of the molecule is FC1C=CC=CS1. The first-order valence-electron chi connectivity index (χ1n) is 2.02. The van der Waals surface area contributed by atoms with Crippen molar-refractivity contribution in [3.63, 3.8) is 0 Å². The number of hydrogen-bond acceptors (Lipinski definition) is 1. The molecule has 0 aromatic rings. The number of allylic oxidation sites excluding steroid dienone is 2. The van der Waals surface area contributed by atoms with Crippen molar-refractivity contribution in [2.75, 3.05) is 0 Å². The maximum atomic E-state index is 12.0. The zero-order valence-corrected chi connectivity index (χ0v) is 4.49. The van der Waals surface area contributed by atoms with Crippen LogP contribution in [0.4, 0.5) is 4.39 Å². The topological polar surface area (TPSA) is 0 Å². The van der Waals surface area contributed by atoms with Gasteiger partial charge >= 0.3 is 0 Å². The standard InChI is InChI=1S/C5H5FS/c6-5-3-1-2-4-7-5/h1-5H. The molecule has 1 rings (SSSR count). The summed E-state index contributed by atoms with van der Waals surface area (Å²) >= 11 is 1.18. The van der Waals surface area contributed by atoms with E-state index in [4.69, 9.17) is 0 Å². The molecule has 1 atom stereocenters. The highest BCUT2D eigenvalue weighted by Gasteiger charge is 1.98. The molecule has 0 aromatic carbocycles. The highest BCUT2D eigenvalue weighted by atomic mass is 32.2. The first-order valence-corrected chi connectivity index (χ1v) is 2.97. The van der Waals surface area contributed by atoms with E-state index in [9.17, 15) is 4.39 Å². The van der Waals surface area contributed by atoms with Crippen LogP contribution in [-0.4, -0.2) is 5.50 Å². The maximum Gasteiger partial charge on any atom is 0.168 e. The van der Waals surface area contributed by atoms with E-state index in [0.717, 1.165) is 0 Å². The molecule has 38 valence electrons. The number of hydrogen-bond donors (Lipinski definition) is 0. The van der Waals surface area contributed by atoms with Crippen LogP contribution in [0.3, 0.4) is 0 Å². The Hall–Kier alpha value is -0.240. The lowest BCUT2D eigenvalue weighted by molar-refractivity contribution is 0.521. The van der Waals surface area contributed by atoms with Crippen molar-refractivity contribution >= 4 is 11.8 Å². The molecule has 2 heteroatoms. The van der Waals surface area contributed by atoms with Crippen LogP contribution in [0.25, 0.3) is 0 Å². The highest BCUT2D eigenvalue weighted by molar-refractivity contribution is 8.02. The Morgan fingerprint density at radius 2 is 2.29 bits per heavy atom. The smallest absolute Gasteiger partial charge is 0.168 e. The quantitative estimate of drug-likeness (QED) is 0.467.